The van der Waals surface area contributed by atoms with E-state index in [2.05, 4.69) is 10.2 Å². The molecule has 4 nitrogen and oxygen atoms in total. The minimum atomic E-state index is 0.644. The van der Waals surface area contributed by atoms with Gasteiger partial charge in [-0.15, -0.1) is 10.2 Å². The second kappa shape index (κ2) is 3.83. The molecule has 0 aliphatic rings. The van der Waals surface area contributed by atoms with E-state index in [1.54, 1.807) is 16.9 Å². The summed E-state index contributed by atoms with van der Waals surface area (Å²) >= 11 is 0. The molecule has 0 bridgehead atoms. The van der Waals surface area contributed by atoms with Crippen molar-refractivity contribution >= 4 is 17.3 Å². The van der Waals surface area contributed by atoms with Gasteiger partial charge in [0.25, 0.3) is 0 Å². The third-order valence-electron chi connectivity index (χ3n) is 2.55. The molecule has 2 aromatic carbocycles. The first kappa shape index (κ1) is 9.72. The first-order valence-corrected chi connectivity index (χ1v) is 5.24. The molecule has 0 atom stereocenters. The molecule has 4 heteroatoms. The minimum Gasteiger partial charge on any atom is -0.298 e. The average molecular weight is 223 g/mol. The van der Waals surface area contributed by atoms with Crippen LogP contribution in [0.3, 0.4) is 0 Å². The third kappa shape index (κ3) is 1.69. The molecule has 0 amide bonds. The number of benzene rings is 2. The summed E-state index contributed by atoms with van der Waals surface area (Å²) in [6.07, 6.45) is 0.816. The lowest BCUT2D eigenvalue weighted by molar-refractivity contribution is 0.112. The van der Waals surface area contributed by atoms with Gasteiger partial charge < -0.3 is 0 Å². The maximum atomic E-state index is 10.6. The second-order valence-corrected chi connectivity index (χ2v) is 3.69. The highest BCUT2D eigenvalue weighted by atomic mass is 16.1. The van der Waals surface area contributed by atoms with E-state index in [1.807, 2.05) is 36.4 Å². The molecular formula is C13H9N3O. The lowest BCUT2D eigenvalue weighted by Gasteiger charge is -1.98. The molecule has 17 heavy (non-hydrogen) atoms. The molecule has 0 spiro atoms. The fourth-order valence-electron chi connectivity index (χ4n) is 1.66. The minimum absolute atomic E-state index is 0.644. The van der Waals surface area contributed by atoms with E-state index in [-0.39, 0.29) is 0 Å². The topological polar surface area (TPSA) is 47.8 Å². The van der Waals surface area contributed by atoms with Gasteiger partial charge in [0.15, 0.2) is 0 Å². The molecule has 0 fully saturated rings. The fraction of sp³-hybridized carbons (Fsp3) is 0. The van der Waals surface area contributed by atoms with Gasteiger partial charge in [0.05, 0.1) is 5.69 Å². The zero-order chi connectivity index (χ0) is 11.7. The fourth-order valence-corrected chi connectivity index (χ4v) is 1.66. The van der Waals surface area contributed by atoms with E-state index < -0.39 is 0 Å². The number of hydrogen-bond acceptors (Lipinski definition) is 3. The quantitative estimate of drug-likeness (QED) is 0.626. The van der Waals surface area contributed by atoms with Crippen LogP contribution >= 0.6 is 0 Å². The molecule has 0 aliphatic carbocycles. The van der Waals surface area contributed by atoms with Gasteiger partial charge in [0, 0.05) is 5.56 Å². The van der Waals surface area contributed by atoms with Gasteiger partial charge in [-0.25, -0.2) is 0 Å². The van der Waals surface area contributed by atoms with Crippen molar-refractivity contribution in [2.24, 2.45) is 0 Å². The predicted molar refractivity (Wildman–Crippen MR) is 64.3 cm³/mol. The van der Waals surface area contributed by atoms with Gasteiger partial charge in [0.2, 0.25) is 0 Å². The molecule has 0 saturated heterocycles. The van der Waals surface area contributed by atoms with Gasteiger partial charge in [0.1, 0.15) is 17.3 Å². The zero-order valence-electron chi connectivity index (χ0n) is 8.95. The van der Waals surface area contributed by atoms with E-state index >= 15 is 0 Å². The summed E-state index contributed by atoms with van der Waals surface area (Å²) in [6.45, 7) is 0. The molecule has 0 aliphatic heterocycles. The van der Waals surface area contributed by atoms with Crippen LogP contribution in [0.1, 0.15) is 10.4 Å². The Morgan fingerprint density at radius 3 is 2.00 bits per heavy atom. The SMILES string of the molecule is O=Cc1ccc(-n2nc3ccccc3n2)cc1. The van der Waals surface area contributed by atoms with Crippen LogP contribution in [0.15, 0.2) is 48.5 Å². The highest BCUT2D eigenvalue weighted by Gasteiger charge is 2.03. The van der Waals surface area contributed by atoms with Crippen LogP contribution in [-0.2, 0) is 0 Å². The van der Waals surface area contributed by atoms with Crippen LogP contribution < -0.4 is 0 Å². The summed E-state index contributed by atoms with van der Waals surface area (Å²) in [5.41, 5.74) is 3.19. The molecule has 3 rings (SSSR count). The lowest BCUT2D eigenvalue weighted by Crippen LogP contribution is -1.98. The van der Waals surface area contributed by atoms with Crippen LogP contribution in [0, 0.1) is 0 Å². The first-order valence-electron chi connectivity index (χ1n) is 5.24. The largest absolute Gasteiger partial charge is 0.298 e. The van der Waals surface area contributed by atoms with Crippen molar-refractivity contribution in [2.45, 2.75) is 0 Å². The van der Waals surface area contributed by atoms with Crippen LogP contribution in [0.25, 0.3) is 16.7 Å². The van der Waals surface area contributed by atoms with Crippen LogP contribution in [-0.4, -0.2) is 21.3 Å². The molecule has 3 aromatic rings. The zero-order valence-corrected chi connectivity index (χ0v) is 8.95. The van der Waals surface area contributed by atoms with E-state index in [1.165, 1.54) is 0 Å². The Bertz CT molecular complexity index is 637. The van der Waals surface area contributed by atoms with Crippen molar-refractivity contribution in [3.63, 3.8) is 0 Å². The predicted octanol–water partition coefficient (Wildman–Crippen LogP) is 2.23. The first-order chi connectivity index (χ1) is 8.36. The maximum Gasteiger partial charge on any atom is 0.150 e. The Morgan fingerprint density at radius 1 is 0.882 bits per heavy atom. The van der Waals surface area contributed by atoms with Crippen molar-refractivity contribution in [3.05, 3.63) is 54.1 Å². The number of fused-ring (bicyclic) bond motifs is 1. The van der Waals surface area contributed by atoms with Gasteiger partial charge in [-0.2, -0.15) is 4.80 Å². The van der Waals surface area contributed by atoms with Crippen molar-refractivity contribution in [3.8, 4) is 5.69 Å². The average Bonchev–Trinajstić information content (AvgIpc) is 2.82. The molecular weight excluding hydrogens is 214 g/mol. The lowest BCUT2D eigenvalue weighted by atomic mass is 10.2. The third-order valence-corrected chi connectivity index (χ3v) is 2.55. The molecule has 0 radical (unpaired) electrons. The molecule has 1 aromatic heterocycles. The Kier molecular flexibility index (Phi) is 2.19. The summed E-state index contributed by atoms with van der Waals surface area (Å²) in [5, 5.41) is 8.71. The Labute approximate surface area is 97.5 Å². The number of carbonyl (C=O) groups excluding carboxylic acids is 1. The summed E-state index contributed by atoms with van der Waals surface area (Å²) in [6, 6.07) is 14.8. The van der Waals surface area contributed by atoms with Crippen molar-refractivity contribution in [2.75, 3.05) is 0 Å². The smallest absolute Gasteiger partial charge is 0.150 e. The second-order valence-electron chi connectivity index (χ2n) is 3.69. The normalized spacial score (nSPS) is 10.6. The van der Waals surface area contributed by atoms with E-state index in [9.17, 15) is 4.79 Å². The van der Waals surface area contributed by atoms with E-state index in [0.717, 1.165) is 23.0 Å². The van der Waals surface area contributed by atoms with Gasteiger partial charge in [-0.05, 0) is 36.4 Å². The van der Waals surface area contributed by atoms with Gasteiger partial charge in [-0.3, -0.25) is 4.79 Å². The molecule has 0 saturated carbocycles. The Balaban J connectivity index is 2.10. The molecule has 0 N–H and O–H groups in total. The molecule has 1 heterocycles. The number of carbonyl (C=O) groups is 1. The molecule has 82 valence electrons. The van der Waals surface area contributed by atoms with Crippen LogP contribution in [0.4, 0.5) is 0 Å². The molecule has 0 unspecified atom stereocenters. The van der Waals surface area contributed by atoms with Crippen molar-refractivity contribution in [1.29, 1.82) is 0 Å². The number of hydrogen-bond donors (Lipinski definition) is 0. The Morgan fingerprint density at radius 2 is 1.47 bits per heavy atom. The summed E-state index contributed by atoms with van der Waals surface area (Å²) < 4.78 is 0. The number of aromatic nitrogens is 3. The maximum absolute atomic E-state index is 10.6. The standard InChI is InChI=1S/C13H9N3O/c17-9-10-5-7-11(8-6-10)16-14-12-3-1-2-4-13(12)15-16/h1-9H. The number of aldehydes is 1. The summed E-state index contributed by atoms with van der Waals surface area (Å²) in [5.74, 6) is 0. The van der Waals surface area contributed by atoms with E-state index in [4.69, 9.17) is 0 Å². The van der Waals surface area contributed by atoms with Crippen molar-refractivity contribution in [1.82, 2.24) is 15.0 Å². The summed E-state index contributed by atoms with van der Waals surface area (Å²) in [4.78, 5) is 12.1. The number of rotatable bonds is 2. The highest BCUT2D eigenvalue weighted by Crippen LogP contribution is 2.12. The Hall–Kier alpha value is -2.49. The van der Waals surface area contributed by atoms with Gasteiger partial charge in [-0.1, -0.05) is 12.1 Å². The number of nitrogens with zero attached hydrogens (tertiary/aromatic N) is 3. The highest BCUT2D eigenvalue weighted by molar-refractivity contribution is 5.75. The summed E-state index contributed by atoms with van der Waals surface area (Å²) in [7, 11) is 0. The van der Waals surface area contributed by atoms with Gasteiger partial charge >= 0.3 is 0 Å². The monoisotopic (exact) mass is 223 g/mol. The van der Waals surface area contributed by atoms with E-state index in [0.29, 0.717) is 5.56 Å². The van der Waals surface area contributed by atoms with Crippen LogP contribution in [0.5, 0.6) is 0 Å². The van der Waals surface area contributed by atoms with Crippen molar-refractivity contribution < 1.29 is 4.79 Å². The van der Waals surface area contributed by atoms with Crippen LogP contribution in [0.2, 0.25) is 0 Å².